The van der Waals surface area contributed by atoms with Gasteiger partial charge in [-0.1, -0.05) is 12.2 Å². The molecule has 0 saturated heterocycles. The molecule has 0 atom stereocenters. The van der Waals surface area contributed by atoms with Crippen LogP contribution in [-0.4, -0.2) is 17.9 Å². The van der Waals surface area contributed by atoms with Crippen molar-refractivity contribution in [1.82, 2.24) is 0 Å². The minimum absolute atomic E-state index is 0.176. The van der Waals surface area contributed by atoms with Crippen molar-refractivity contribution in [2.75, 3.05) is 11.9 Å². The SMILES string of the molecule is Cc1cc(OC(F)(F)F)ccc1NC(=S)CN. The van der Waals surface area contributed by atoms with Crippen molar-refractivity contribution in [2.24, 2.45) is 5.73 Å². The highest BCUT2D eigenvalue weighted by Crippen LogP contribution is 2.26. The maximum Gasteiger partial charge on any atom is 0.573 e. The number of halogens is 3. The molecule has 1 aromatic rings. The molecular weight excluding hydrogens is 253 g/mol. The summed E-state index contributed by atoms with van der Waals surface area (Å²) >= 11 is 4.87. The fourth-order valence-corrected chi connectivity index (χ4v) is 1.28. The molecule has 0 amide bonds. The van der Waals surface area contributed by atoms with E-state index in [0.717, 1.165) is 0 Å². The number of hydrogen-bond acceptors (Lipinski definition) is 3. The van der Waals surface area contributed by atoms with Crippen LogP contribution in [0.5, 0.6) is 5.75 Å². The number of anilines is 1. The molecule has 1 aromatic carbocycles. The second kappa shape index (κ2) is 5.33. The van der Waals surface area contributed by atoms with Crippen LogP contribution < -0.4 is 15.8 Å². The van der Waals surface area contributed by atoms with Crippen LogP contribution in [0.3, 0.4) is 0 Å². The van der Waals surface area contributed by atoms with Gasteiger partial charge in [-0.25, -0.2) is 0 Å². The Hall–Kier alpha value is -1.34. The van der Waals surface area contributed by atoms with Gasteiger partial charge >= 0.3 is 6.36 Å². The summed E-state index contributed by atoms with van der Waals surface area (Å²) in [7, 11) is 0. The number of hydrogen-bond donors (Lipinski definition) is 2. The molecule has 0 heterocycles. The van der Waals surface area contributed by atoms with Crippen LogP contribution >= 0.6 is 12.2 Å². The number of nitrogens with two attached hydrogens (primary N) is 1. The molecule has 94 valence electrons. The van der Waals surface area contributed by atoms with Gasteiger partial charge in [0.15, 0.2) is 0 Å². The van der Waals surface area contributed by atoms with Crippen LogP contribution in [0.4, 0.5) is 18.9 Å². The predicted octanol–water partition coefficient (Wildman–Crippen LogP) is 2.59. The molecule has 3 N–H and O–H groups in total. The standard InChI is InChI=1S/C10H11F3N2OS/c1-6-4-7(16-10(11,12)13)2-3-8(6)15-9(17)5-14/h2-4H,5,14H2,1H3,(H,15,17). The molecule has 0 fully saturated rings. The lowest BCUT2D eigenvalue weighted by atomic mass is 10.2. The quantitative estimate of drug-likeness (QED) is 0.824. The van der Waals surface area contributed by atoms with Gasteiger partial charge in [-0.15, -0.1) is 13.2 Å². The normalized spacial score (nSPS) is 11.1. The molecule has 0 radical (unpaired) electrons. The Bertz CT molecular complexity index is 421. The van der Waals surface area contributed by atoms with Gasteiger partial charge in [0, 0.05) is 12.2 Å². The third kappa shape index (κ3) is 4.58. The molecule has 0 aliphatic rings. The summed E-state index contributed by atoms with van der Waals surface area (Å²) in [5.41, 5.74) is 6.50. The van der Waals surface area contributed by atoms with E-state index in [9.17, 15) is 13.2 Å². The summed E-state index contributed by atoms with van der Waals surface area (Å²) in [5.74, 6) is -0.265. The Kier molecular flexibility index (Phi) is 4.30. The number of aryl methyl sites for hydroxylation is 1. The van der Waals surface area contributed by atoms with Gasteiger partial charge in [0.2, 0.25) is 0 Å². The average molecular weight is 264 g/mol. The zero-order chi connectivity index (χ0) is 13.1. The summed E-state index contributed by atoms with van der Waals surface area (Å²) in [6, 6.07) is 3.94. The highest BCUT2D eigenvalue weighted by atomic mass is 32.1. The van der Waals surface area contributed by atoms with Crippen molar-refractivity contribution in [3.05, 3.63) is 23.8 Å². The van der Waals surface area contributed by atoms with Crippen LogP contribution in [0.15, 0.2) is 18.2 Å². The second-order valence-corrected chi connectivity index (χ2v) is 3.77. The van der Waals surface area contributed by atoms with Crippen LogP contribution in [0.1, 0.15) is 5.56 Å². The van der Waals surface area contributed by atoms with Crippen molar-refractivity contribution in [2.45, 2.75) is 13.3 Å². The van der Waals surface area contributed by atoms with Gasteiger partial charge < -0.3 is 15.8 Å². The van der Waals surface area contributed by atoms with Crippen molar-refractivity contribution < 1.29 is 17.9 Å². The maximum atomic E-state index is 12.0. The van der Waals surface area contributed by atoms with E-state index in [1.54, 1.807) is 6.92 Å². The zero-order valence-corrected chi connectivity index (χ0v) is 9.78. The van der Waals surface area contributed by atoms with Crippen molar-refractivity contribution >= 4 is 22.9 Å². The Labute approximate surface area is 102 Å². The summed E-state index contributed by atoms with van der Waals surface area (Å²) in [6.07, 6.45) is -4.69. The molecule has 0 aromatic heterocycles. The van der Waals surface area contributed by atoms with E-state index in [4.69, 9.17) is 18.0 Å². The molecular formula is C10H11F3N2OS. The lowest BCUT2D eigenvalue weighted by Crippen LogP contribution is -2.20. The lowest BCUT2D eigenvalue weighted by Gasteiger charge is -2.13. The van der Waals surface area contributed by atoms with Gasteiger partial charge in [-0.05, 0) is 30.7 Å². The highest BCUT2D eigenvalue weighted by Gasteiger charge is 2.31. The third-order valence-corrected chi connectivity index (χ3v) is 2.16. The number of rotatable bonds is 3. The molecule has 3 nitrogen and oxygen atoms in total. The number of benzene rings is 1. The minimum atomic E-state index is -4.69. The Morgan fingerprint density at radius 2 is 2.12 bits per heavy atom. The number of ether oxygens (including phenoxy) is 1. The first-order valence-electron chi connectivity index (χ1n) is 4.68. The first kappa shape index (κ1) is 13.7. The van der Waals surface area contributed by atoms with E-state index in [2.05, 4.69) is 10.1 Å². The van der Waals surface area contributed by atoms with Gasteiger partial charge in [0.1, 0.15) is 5.75 Å². The highest BCUT2D eigenvalue weighted by molar-refractivity contribution is 7.80. The van der Waals surface area contributed by atoms with E-state index in [1.807, 2.05) is 0 Å². The van der Waals surface area contributed by atoms with Crippen LogP contribution in [0.25, 0.3) is 0 Å². The van der Waals surface area contributed by atoms with Crippen LogP contribution in [0, 0.1) is 6.92 Å². The van der Waals surface area contributed by atoms with E-state index in [1.165, 1.54) is 18.2 Å². The molecule has 7 heteroatoms. The molecule has 0 aliphatic carbocycles. The molecule has 1 rings (SSSR count). The molecule has 0 bridgehead atoms. The third-order valence-electron chi connectivity index (χ3n) is 1.89. The summed E-state index contributed by atoms with van der Waals surface area (Å²) in [4.78, 5) is 0.414. The maximum absolute atomic E-state index is 12.0. The van der Waals surface area contributed by atoms with E-state index < -0.39 is 6.36 Å². The van der Waals surface area contributed by atoms with Crippen molar-refractivity contribution in [1.29, 1.82) is 0 Å². The molecule has 0 aliphatic heterocycles. The first-order chi connectivity index (χ1) is 7.81. The average Bonchev–Trinajstić information content (AvgIpc) is 2.19. The smallest absolute Gasteiger partial charge is 0.406 e. The summed E-state index contributed by atoms with van der Waals surface area (Å²) in [6.45, 7) is 1.82. The Balaban J connectivity index is 2.83. The predicted molar refractivity (Wildman–Crippen MR) is 63.1 cm³/mol. The molecule has 0 saturated carbocycles. The minimum Gasteiger partial charge on any atom is -0.406 e. The second-order valence-electron chi connectivity index (χ2n) is 3.28. The van der Waals surface area contributed by atoms with Crippen LogP contribution in [-0.2, 0) is 0 Å². The Morgan fingerprint density at radius 3 is 2.59 bits per heavy atom. The van der Waals surface area contributed by atoms with Gasteiger partial charge in [-0.2, -0.15) is 0 Å². The van der Waals surface area contributed by atoms with Crippen molar-refractivity contribution in [3.8, 4) is 5.75 Å². The first-order valence-corrected chi connectivity index (χ1v) is 5.09. The summed E-state index contributed by atoms with van der Waals surface area (Å²) < 4.78 is 39.7. The molecule has 0 spiro atoms. The number of nitrogens with one attached hydrogen (secondary N) is 1. The fourth-order valence-electron chi connectivity index (χ4n) is 1.17. The number of thiocarbonyl (C=S) groups is 1. The topological polar surface area (TPSA) is 47.3 Å². The lowest BCUT2D eigenvalue weighted by molar-refractivity contribution is -0.274. The van der Waals surface area contributed by atoms with Gasteiger partial charge in [-0.3, -0.25) is 0 Å². The number of alkyl halides is 3. The van der Waals surface area contributed by atoms with E-state index in [0.29, 0.717) is 16.2 Å². The molecule has 17 heavy (non-hydrogen) atoms. The monoisotopic (exact) mass is 264 g/mol. The fraction of sp³-hybridized carbons (Fsp3) is 0.300. The van der Waals surface area contributed by atoms with E-state index in [-0.39, 0.29) is 12.3 Å². The molecule has 0 unspecified atom stereocenters. The van der Waals surface area contributed by atoms with Gasteiger partial charge in [0.25, 0.3) is 0 Å². The largest absolute Gasteiger partial charge is 0.573 e. The van der Waals surface area contributed by atoms with Crippen molar-refractivity contribution in [3.63, 3.8) is 0 Å². The zero-order valence-electron chi connectivity index (χ0n) is 8.97. The Morgan fingerprint density at radius 1 is 1.47 bits per heavy atom. The van der Waals surface area contributed by atoms with Crippen LogP contribution in [0.2, 0.25) is 0 Å². The van der Waals surface area contributed by atoms with E-state index >= 15 is 0 Å². The van der Waals surface area contributed by atoms with Gasteiger partial charge in [0.05, 0.1) is 4.99 Å². The summed E-state index contributed by atoms with van der Waals surface area (Å²) in [5, 5.41) is 2.82.